The van der Waals surface area contributed by atoms with E-state index in [9.17, 15) is 10.1 Å². The number of nitrogens with zero attached hydrogens (tertiary/aromatic N) is 1. The van der Waals surface area contributed by atoms with E-state index in [1.165, 1.54) is 0 Å². The van der Waals surface area contributed by atoms with Crippen LogP contribution in [0.3, 0.4) is 0 Å². The molecule has 0 aliphatic carbocycles. The highest BCUT2D eigenvalue weighted by Gasteiger charge is 2.23. The normalized spacial score (nSPS) is 11.7. The van der Waals surface area contributed by atoms with E-state index in [4.69, 9.17) is 16.3 Å². The molecular formula is C20H18ClNO2. The number of carbonyl (C=O) groups excluding carboxylic acids is 1. The van der Waals surface area contributed by atoms with Gasteiger partial charge < -0.3 is 4.74 Å². The topological polar surface area (TPSA) is 50.1 Å². The molecule has 0 aliphatic rings. The van der Waals surface area contributed by atoms with Crippen LogP contribution in [-0.4, -0.2) is 5.97 Å². The maximum atomic E-state index is 12.0. The summed E-state index contributed by atoms with van der Waals surface area (Å²) in [5.41, 5.74) is 1.41. The monoisotopic (exact) mass is 339 g/mol. The van der Waals surface area contributed by atoms with Gasteiger partial charge in [-0.1, -0.05) is 35.9 Å². The second-order valence-electron chi connectivity index (χ2n) is 6.39. The van der Waals surface area contributed by atoms with Crippen molar-refractivity contribution in [1.82, 2.24) is 0 Å². The predicted octanol–water partition coefficient (Wildman–Crippen LogP) is 5.36. The standard InChI is InChI=1S/C20H18ClNO2/c1-20(2,3)19(23)24-18-9-4-6-14(11-18)10-16(13-22)15-7-5-8-17(21)12-15/h4-12H,1-3H3/b16-10-. The first-order valence-corrected chi connectivity index (χ1v) is 7.87. The molecule has 2 aromatic rings. The average molecular weight is 340 g/mol. The summed E-state index contributed by atoms with van der Waals surface area (Å²) in [7, 11) is 0. The maximum absolute atomic E-state index is 12.0. The van der Waals surface area contributed by atoms with Crippen LogP contribution in [-0.2, 0) is 4.79 Å². The van der Waals surface area contributed by atoms with Gasteiger partial charge in [-0.2, -0.15) is 5.26 Å². The fourth-order valence-corrected chi connectivity index (χ4v) is 2.12. The van der Waals surface area contributed by atoms with Gasteiger partial charge in [-0.15, -0.1) is 0 Å². The summed E-state index contributed by atoms with van der Waals surface area (Å²) >= 11 is 5.98. The van der Waals surface area contributed by atoms with E-state index in [0.29, 0.717) is 16.3 Å². The van der Waals surface area contributed by atoms with Gasteiger partial charge >= 0.3 is 5.97 Å². The number of hydrogen-bond acceptors (Lipinski definition) is 3. The number of nitriles is 1. The largest absolute Gasteiger partial charge is 0.426 e. The lowest BCUT2D eigenvalue weighted by Gasteiger charge is -2.16. The Morgan fingerprint density at radius 1 is 1.17 bits per heavy atom. The molecule has 0 heterocycles. The molecular weight excluding hydrogens is 322 g/mol. The molecule has 0 amide bonds. The number of allylic oxidation sites excluding steroid dienone is 1. The minimum Gasteiger partial charge on any atom is -0.426 e. The van der Waals surface area contributed by atoms with E-state index in [0.717, 1.165) is 11.1 Å². The number of benzene rings is 2. The van der Waals surface area contributed by atoms with Gasteiger partial charge in [0.05, 0.1) is 17.1 Å². The quantitative estimate of drug-likeness (QED) is 0.327. The number of esters is 1. The summed E-state index contributed by atoms with van der Waals surface area (Å²) in [4.78, 5) is 12.0. The van der Waals surface area contributed by atoms with Crippen molar-refractivity contribution in [2.75, 3.05) is 0 Å². The number of ether oxygens (including phenoxy) is 1. The number of rotatable bonds is 3. The SMILES string of the molecule is CC(C)(C)C(=O)Oc1cccc(/C=C(/C#N)c2cccc(Cl)c2)c1. The molecule has 0 atom stereocenters. The lowest BCUT2D eigenvalue weighted by molar-refractivity contribution is -0.142. The molecule has 2 rings (SSSR count). The highest BCUT2D eigenvalue weighted by atomic mass is 35.5. The molecule has 0 bridgehead atoms. The van der Waals surface area contributed by atoms with Gasteiger partial charge in [-0.05, 0) is 62.2 Å². The van der Waals surface area contributed by atoms with Crippen LogP contribution in [0.2, 0.25) is 5.02 Å². The van der Waals surface area contributed by atoms with E-state index in [1.54, 1.807) is 63.2 Å². The van der Waals surface area contributed by atoms with Gasteiger partial charge in [0, 0.05) is 5.02 Å². The van der Waals surface area contributed by atoms with Crippen LogP contribution in [0.15, 0.2) is 48.5 Å². The third kappa shape index (κ3) is 4.71. The Morgan fingerprint density at radius 3 is 2.50 bits per heavy atom. The summed E-state index contributed by atoms with van der Waals surface area (Å²) < 4.78 is 5.39. The first kappa shape index (κ1) is 17.8. The molecule has 0 N–H and O–H groups in total. The number of carbonyl (C=O) groups is 1. The van der Waals surface area contributed by atoms with Crippen molar-refractivity contribution in [3.63, 3.8) is 0 Å². The van der Waals surface area contributed by atoms with Crippen molar-refractivity contribution < 1.29 is 9.53 Å². The zero-order chi connectivity index (χ0) is 17.7. The molecule has 2 aromatic carbocycles. The predicted molar refractivity (Wildman–Crippen MR) is 96.5 cm³/mol. The van der Waals surface area contributed by atoms with Crippen LogP contribution in [0.1, 0.15) is 31.9 Å². The zero-order valence-electron chi connectivity index (χ0n) is 13.8. The van der Waals surface area contributed by atoms with Crippen LogP contribution < -0.4 is 4.74 Å². The second-order valence-corrected chi connectivity index (χ2v) is 6.83. The van der Waals surface area contributed by atoms with Crippen molar-refractivity contribution in [2.45, 2.75) is 20.8 Å². The molecule has 3 nitrogen and oxygen atoms in total. The van der Waals surface area contributed by atoms with Gasteiger partial charge in [0.15, 0.2) is 0 Å². The lowest BCUT2D eigenvalue weighted by atomic mass is 9.97. The zero-order valence-corrected chi connectivity index (χ0v) is 14.6. The van der Waals surface area contributed by atoms with Crippen molar-refractivity contribution in [3.05, 3.63) is 64.7 Å². The Labute approximate surface area is 147 Å². The highest BCUT2D eigenvalue weighted by Crippen LogP contribution is 2.24. The minimum atomic E-state index is -0.579. The number of halogens is 1. The molecule has 24 heavy (non-hydrogen) atoms. The van der Waals surface area contributed by atoms with Gasteiger partial charge in [0.2, 0.25) is 0 Å². The van der Waals surface area contributed by atoms with E-state index < -0.39 is 5.41 Å². The second kappa shape index (κ2) is 7.33. The molecule has 0 saturated heterocycles. The molecule has 0 aromatic heterocycles. The van der Waals surface area contributed by atoms with Gasteiger partial charge in [0.25, 0.3) is 0 Å². The first-order chi connectivity index (χ1) is 11.3. The molecule has 0 aliphatic heterocycles. The van der Waals surface area contributed by atoms with Crippen molar-refractivity contribution in [3.8, 4) is 11.8 Å². The summed E-state index contributed by atoms with van der Waals surface area (Å²) in [6.45, 7) is 5.39. The Balaban J connectivity index is 2.31. The van der Waals surface area contributed by atoms with Crippen molar-refractivity contribution in [1.29, 1.82) is 5.26 Å². The molecule has 0 saturated carbocycles. The summed E-state index contributed by atoms with van der Waals surface area (Å²) in [6, 6.07) is 16.4. The van der Waals surface area contributed by atoms with Crippen LogP contribution in [0.5, 0.6) is 5.75 Å². The van der Waals surface area contributed by atoms with E-state index in [1.807, 2.05) is 12.1 Å². The van der Waals surface area contributed by atoms with E-state index >= 15 is 0 Å². The highest BCUT2D eigenvalue weighted by molar-refractivity contribution is 6.30. The average Bonchev–Trinajstić information content (AvgIpc) is 2.52. The van der Waals surface area contributed by atoms with Gasteiger partial charge in [-0.3, -0.25) is 4.79 Å². The molecule has 4 heteroatoms. The third-order valence-corrected chi connectivity index (χ3v) is 3.48. The Hall–Kier alpha value is -2.57. The maximum Gasteiger partial charge on any atom is 0.316 e. The molecule has 122 valence electrons. The van der Waals surface area contributed by atoms with Crippen LogP contribution in [0.4, 0.5) is 0 Å². The summed E-state index contributed by atoms with van der Waals surface area (Å²) in [5, 5.41) is 9.98. The van der Waals surface area contributed by atoms with Gasteiger partial charge in [-0.25, -0.2) is 0 Å². The summed E-state index contributed by atoms with van der Waals surface area (Å²) in [5.74, 6) is 0.144. The Morgan fingerprint density at radius 2 is 1.88 bits per heavy atom. The van der Waals surface area contributed by atoms with Crippen molar-refractivity contribution in [2.24, 2.45) is 5.41 Å². The van der Waals surface area contributed by atoms with E-state index in [2.05, 4.69) is 6.07 Å². The van der Waals surface area contributed by atoms with E-state index in [-0.39, 0.29) is 5.97 Å². The van der Waals surface area contributed by atoms with Crippen molar-refractivity contribution >= 4 is 29.2 Å². The number of hydrogen-bond donors (Lipinski definition) is 0. The Kier molecular flexibility index (Phi) is 5.43. The van der Waals surface area contributed by atoms with Crippen LogP contribution >= 0.6 is 11.6 Å². The van der Waals surface area contributed by atoms with Crippen LogP contribution in [0, 0.1) is 16.7 Å². The molecule has 0 spiro atoms. The minimum absolute atomic E-state index is 0.307. The summed E-state index contributed by atoms with van der Waals surface area (Å²) in [6.07, 6.45) is 1.74. The molecule has 0 unspecified atom stereocenters. The molecule has 0 fully saturated rings. The fourth-order valence-electron chi connectivity index (χ4n) is 1.93. The van der Waals surface area contributed by atoms with Gasteiger partial charge in [0.1, 0.15) is 5.75 Å². The molecule has 0 radical (unpaired) electrons. The smallest absolute Gasteiger partial charge is 0.316 e. The Bertz CT molecular complexity index is 826. The third-order valence-electron chi connectivity index (χ3n) is 3.25. The fraction of sp³-hybridized carbons (Fsp3) is 0.200. The van der Waals surface area contributed by atoms with Crippen LogP contribution in [0.25, 0.3) is 11.6 Å². The first-order valence-electron chi connectivity index (χ1n) is 7.50. The lowest BCUT2D eigenvalue weighted by Crippen LogP contribution is -2.25.